The maximum atomic E-state index is 12.5. The molecule has 1 aliphatic carbocycles. The number of piperidine rings is 1. The molecule has 1 aromatic rings. The number of allylic oxidation sites excluding steroid dienone is 1. The van der Waals surface area contributed by atoms with E-state index in [1.807, 2.05) is 17.0 Å². The molecule has 23 heavy (non-hydrogen) atoms. The van der Waals surface area contributed by atoms with Crippen molar-refractivity contribution in [3.05, 3.63) is 42.2 Å². The zero-order valence-corrected chi connectivity index (χ0v) is 14.2. The number of hydrogen-bond acceptors (Lipinski definition) is 3. The Morgan fingerprint density at radius 1 is 1.39 bits per heavy atom. The number of hydrogen-bond donors (Lipinski definition) is 0. The number of aromatic nitrogens is 1. The molecule has 0 radical (unpaired) electrons. The Balaban J connectivity index is 1.60. The van der Waals surface area contributed by atoms with Crippen LogP contribution in [0.1, 0.15) is 43.0 Å². The normalized spacial score (nSPS) is 23.4. The number of amides is 1. The standard InChI is InChI=1S/C19H27N3O/c1-3-21(2)17-6-8-19(9-7-17)10-13-22(14-11-19)18(23)16-5-4-12-20-15-16/h4-6,8,12,15,17H,3,7,9-11,13-14H2,1-2H3/t17-/m1/s1. The fraction of sp³-hybridized carbons (Fsp3) is 0.579. The van der Waals surface area contributed by atoms with Gasteiger partial charge in [0.2, 0.25) is 0 Å². The lowest BCUT2D eigenvalue weighted by atomic mass is 9.71. The summed E-state index contributed by atoms with van der Waals surface area (Å²) in [7, 11) is 2.20. The van der Waals surface area contributed by atoms with E-state index in [2.05, 4.69) is 36.0 Å². The summed E-state index contributed by atoms with van der Waals surface area (Å²) in [6.07, 6.45) is 12.8. The first-order valence-electron chi connectivity index (χ1n) is 8.72. The molecule has 0 bridgehead atoms. The fourth-order valence-corrected chi connectivity index (χ4v) is 3.78. The highest BCUT2D eigenvalue weighted by Gasteiger charge is 2.36. The van der Waals surface area contributed by atoms with Crippen LogP contribution in [0.25, 0.3) is 0 Å². The van der Waals surface area contributed by atoms with E-state index in [0.717, 1.165) is 32.5 Å². The van der Waals surface area contributed by atoms with Gasteiger partial charge in [0.25, 0.3) is 5.91 Å². The molecule has 0 unspecified atom stereocenters. The van der Waals surface area contributed by atoms with Gasteiger partial charge in [-0.2, -0.15) is 0 Å². The maximum absolute atomic E-state index is 12.5. The van der Waals surface area contributed by atoms with Crippen LogP contribution >= 0.6 is 0 Å². The molecule has 0 saturated carbocycles. The molecule has 1 atom stereocenters. The molecule has 1 aromatic heterocycles. The van der Waals surface area contributed by atoms with E-state index in [9.17, 15) is 4.79 Å². The maximum Gasteiger partial charge on any atom is 0.255 e. The van der Waals surface area contributed by atoms with Crippen molar-refractivity contribution < 1.29 is 4.79 Å². The highest BCUT2D eigenvalue weighted by molar-refractivity contribution is 5.93. The Morgan fingerprint density at radius 3 is 2.74 bits per heavy atom. The third-order valence-electron chi connectivity index (χ3n) is 5.63. The molecule has 0 N–H and O–H groups in total. The van der Waals surface area contributed by atoms with E-state index in [4.69, 9.17) is 0 Å². The van der Waals surface area contributed by atoms with Crippen LogP contribution in [0, 0.1) is 5.41 Å². The smallest absolute Gasteiger partial charge is 0.255 e. The first-order chi connectivity index (χ1) is 11.1. The van der Waals surface area contributed by atoms with E-state index in [0.29, 0.717) is 17.0 Å². The summed E-state index contributed by atoms with van der Waals surface area (Å²) in [5.74, 6) is 0.122. The predicted molar refractivity (Wildman–Crippen MR) is 92.3 cm³/mol. The molecule has 2 heterocycles. The summed E-state index contributed by atoms with van der Waals surface area (Å²) in [6, 6.07) is 4.26. The van der Waals surface area contributed by atoms with E-state index < -0.39 is 0 Å². The third kappa shape index (κ3) is 3.47. The highest BCUT2D eigenvalue weighted by atomic mass is 16.2. The lowest BCUT2D eigenvalue weighted by Crippen LogP contribution is -2.44. The number of rotatable bonds is 3. The fourth-order valence-electron chi connectivity index (χ4n) is 3.78. The third-order valence-corrected chi connectivity index (χ3v) is 5.63. The van der Waals surface area contributed by atoms with Crippen molar-refractivity contribution in [2.45, 2.75) is 38.6 Å². The molecule has 3 rings (SSSR count). The highest BCUT2D eigenvalue weighted by Crippen LogP contribution is 2.41. The predicted octanol–water partition coefficient (Wildman–Crippen LogP) is 2.97. The van der Waals surface area contributed by atoms with Crippen LogP contribution in [0.4, 0.5) is 0 Å². The van der Waals surface area contributed by atoms with E-state index >= 15 is 0 Å². The van der Waals surface area contributed by atoms with Gasteiger partial charge in [-0.05, 0) is 56.8 Å². The summed E-state index contributed by atoms with van der Waals surface area (Å²) < 4.78 is 0. The molecular formula is C19H27N3O. The van der Waals surface area contributed by atoms with Crippen molar-refractivity contribution >= 4 is 5.91 Å². The number of likely N-dealkylation sites (tertiary alicyclic amines) is 1. The summed E-state index contributed by atoms with van der Waals surface area (Å²) in [5.41, 5.74) is 1.02. The molecule has 4 nitrogen and oxygen atoms in total. The van der Waals surface area contributed by atoms with Gasteiger partial charge >= 0.3 is 0 Å². The molecular weight excluding hydrogens is 286 g/mol. The van der Waals surface area contributed by atoms with Crippen molar-refractivity contribution in [3.8, 4) is 0 Å². The Bertz CT molecular complexity index is 561. The molecule has 1 aliphatic heterocycles. The first kappa shape index (κ1) is 16.2. The minimum absolute atomic E-state index is 0.122. The van der Waals surface area contributed by atoms with Gasteiger partial charge in [-0.25, -0.2) is 0 Å². The SMILES string of the molecule is CCN(C)[C@@H]1C=CC2(CC1)CCN(C(=O)c1cccnc1)CC2. The Hall–Kier alpha value is -1.68. The van der Waals surface area contributed by atoms with Gasteiger partial charge < -0.3 is 9.80 Å². The Kier molecular flexibility index (Phi) is 4.81. The van der Waals surface area contributed by atoms with Gasteiger partial charge in [0.15, 0.2) is 0 Å². The Morgan fingerprint density at radius 2 is 2.17 bits per heavy atom. The molecule has 1 spiro atoms. The van der Waals surface area contributed by atoms with E-state index in [1.54, 1.807) is 12.4 Å². The average Bonchev–Trinajstić information content (AvgIpc) is 2.62. The molecule has 124 valence electrons. The first-order valence-corrected chi connectivity index (χ1v) is 8.72. The topological polar surface area (TPSA) is 36.4 Å². The minimum atomic E-state index is 0.122. The van der Waals surface area contributed by atoms with Gasteiger partial charge in [-0.15, -0.1) is 0 Å². The number of pyridine rings is 1. The lowest BCUT2D eigenvalue weighted by Gasteiger charge is -2.43. The second-order valence-corrected chi connectivity index (χ2v) is 6.93. The quantitative estimate of drug-likeness (QED) is 0.805. The van der Waals surface area contributed by atoms with Crippen LogP contribution in [0.2, 0.25) is 0 Å². The van der Waals surface area contributed by atoms with E-state index in [-0.39, 0.29) is 5.91 Å². The largest absolute Gasteiger partial charge is 0.339 e. The second-order valence-electron chi connectivity index (χ2n) is 6.93. The van der Waals surface area contributed by atoms with Gasteiger partial charge in [-0.1, -0.05) is 19.1 Å². The van der Waals surface area contributed by atoms with Crippen LogP contribution in [-0.4, -0.2) is 53.4 Å². The number of carbonyl (C=O) groups is 1. The number of nitrogens with zero attached hydrogens (tertiary/aromatic N) is 3. The molecule has 4 heteroatoms. The summed E-state index contributed by atoms with van der Waals surface area (Å²) >= 11 is 0. The molecule has 1 amide bonds. The van der Waals surface area contributed by atoms with Gasteiger partial charge in [-0.3, -0.25) is 9.78 Å². The summed E-state index contributed by atoms with van der Waals surface area (Å²) in [5, 5.41) is 0. The molecule has 1 saturated heterocycles. The van der Waals surface area contributed by atoms with E-state index in [1.165, 1.54) is 12.8 Å². The van der Waals surface area contributed by atoms with Crippen molar-refractivity contribution in [3.63, 3.8) is 0 Å². The summed E-state index contributed by atoms with van der Waals surface area (Å²) in [4.78, 5) is 21.0. The zero-order valence-electron chi connectivity index (χ0n) is 14.2. The Labute approximate surface area is 139 Å². The van der Waals surface area contributed by atoms with Crippen LogP contribution in [-0.2, 0) is 0 Å². The monoisotopic (exact) mass is 313 g/mol. The lowest BCUT2D eigenvalue weighted by molar-refractivity contribution is 0.0609. The number of carbonyl (C=O) groups excluding carboxylic acids is 1. The van der Waals surface area contributed by atoms with Crippen molar-refractivity contribution in [1.29, 1.82) is 0 Å². The molecule has 2 aliphatic rings. The second kappa shape index (κ2) is 6.83. The van der Waals surface area contributed by atoms with Crippen LogP contribution in [0.3, 0.4) is 0 Å². The zero-order chi connectivity index (χ0) is 16.3. The molecule has 0 aromatic carbocycles. The van der Waals surface area contributed by atoms with Crippen molar-refractivity contribution in [2.24, 2.45) is 5.41 Å². The van der Waals surface area contributed by atoms with Crippen molar-refractivity contribution in [2.75, 3.05) is 26.7 Å². The van der Waals surface area contributed by atoms with Crippen LogP contribution in [0.5, 0.6) is 0 Å². The van der Waals surface area contributed by atoms with Gasteiger partial charge in [0.1, 0.15) is 0 Å². The minimum Gasteiger partial charge on any atom is -0.339 e. The molecule has 1 fully saturated rings. The van der Waals surface area contributed by atoms with Crippen LogP contribution < -0.4 is 0 Å². The number of likely N-dealkylation sites (N-methyl/N-ethyl adjacent to an activating group) is 1. The van der Waals surface area contributed by atoms with Crippen molar-refractivity contribution in [1.82, 2.24) is 14.8 Å². The van der Waals surface area contributed by atoms with Crippen LogP contribution in [0.15, 0.2) is 36.7 Å². The van der Waals surface area contributed by atoms with Gasteiger partial charge in [0, 0.05) is 31.5 Å². The average molecular weight is 313 g/mol. The van der Waals surface area contributed by atoms with Gasteiger partial charge in [0.05, 0.1) is 5.56 Å². The summed E-state index contributed by atoms with van der Waals surface area (Å²) in [6.45, 7) is 5.01.